The maximum Gasteiger partial charge on any atom is 0.414 e. The normalized spacial score (nSPS) is 17.2. The van der Waals surface area contributed by atoms with Crippen LogP contribution in [0.1, 0.15) is 6.92 Å². The lowest BCUT2D eigenvalue weighted by molar-refractivity contribution is -0.119. The van der Waals surface area contributed by atoms with Crippen molar-refractivity contribution in [1.82, 2.24) is 20.1 Å². The maximum absolute atomic E-state index is 14.2. The molecular formula is C14H14FN5O3. The number of anilines is 1. The molecule has 2 aromatic rings. The molecular weight excluding hydrogens is 305 g/mol. The first kappa shape index (κ1) is 14.9. The van der Waals surface area contributed by atoms with E-state index < -0.39 is 18.0 Å². The topological polar surface area (TPSA) is 89.4 Å². The lowest BCUT2D eigenvalue weighted by atomic mass is 10.2. The number of nitrogens with one attached hydrogen (secondary N) is 1. The molecule has 1 saturated heterocycles. The van der Waals surface area contributed by atoms with Crippen LogP contribution in [0.15, 0.2) is 30.9 Å². The molecule has 1 aliphatic heterocycles. The van der Waals surface area contributed by atoms with Gasteiger partial charge in [0.2, 0.25) is 5.91 Å². The fraction of sp³-hybridized carbons (Fsp3) is 0.286. The number of amides is 2. The van der Waals surface area contributed by atoms with Crippen LogP contribution in [0.2, 0.25) is 0 Å². The molecule has 0 bridgehead atoms. The van der Waals surface area contributed by atoms with Crippen molar-refractivity contribution in [2.75, 3.05) is 18.0 Å². The number of halogens is 1. The van der Waals surface area contributed by atoms with Crippen LogP contribution in [-0.4, -0.2) is 46.0 Å². The van der Waals surface area contributed by atoms with Crippen LogP contribution in [0.3, 0.4) is 0 Å². The second-order valence-electron chi connectivity index (χ2n) is 5.03. The zero-order valence-electron chi connectivity index (χ0n) is 12.3. The van der Waals surface area contributed by atoms with E-state index in [1.807, 2.05) is 0 Å². The van der Waals surface area contributed by atoms with Gasteiger partial charge in [0.05, 0.1) is 18.8 Å². The molecule has 1 aromatic carbocycles. The molecule has 1 fully saturated rings. The minimum Gasteiger partial charge on any atom is -0.442 e. The van der Waals surface area contributed by atoms with Crippen molar-refractivity contribution in [3.8, 4) is 5.69 Å². The van der Waals surface area contributed by atoms with Crippen LogP contribution in [0, 0.1) is 5.82 Å². The van der Waals surface area contributed by atoms with E-state index in [1.54, 1.807) is 6.07 Å². The molecule has 3 rings (SSSR count). The molecule has 120 valence electrons. The number of hydrogen-bond acceptors (Lipinski definition) is 5. The highest BCUT2D eigenvalue weighted by molar-refractivity contribution is 5.90. The number of carbonyl (C=O) groups excluding carboxylic acids is 2. The third-order valence-corrected chi connectivity index (χ3v) is 3.36. The summed E-state index contributed by atoms with van der Waals surface area (Å²) in [5.74, 6) is -0.742. The van der Waals surface area contributed by atoms with Gasteiger partial charge in [-0.25, -0.2) is 18.9 Å². The van der Waals surface area contributed by atoms with Crippen LogP contribution in [-0.2, 0) is 9.53 Å². The van der Waals surface area contributed by atoms with Gasteiger partial charge in [-0.1, -0.05) is 0 Å². The van der Waals surface area contributed by atoms with E-state index in [-0.39, 0.29) is 24.7 Å². The minimum absolute atomic E-state index is 0.206. The number of nitrogens with zero attached hydrogens (tertiary/aromatic N) is 4. The van der Waals surface area contributed by atoms with Gasteiger partial charge in [-0.3, -0.25) is 9.69 Å². The Morgan fingerprint density at radius 2 is 2.35 bits per heavy atom. The minimum atomic E-state index is -0.576. The molecule has 0 saturated carbocycles. The van der Waals surface area contributed by atoms with Crippen LogP contribution in [0.25, 0.3) is 5.69 Å². The van der Waals surface area contributed by atoms with Crippen molar-refractivity contribution < 1.29 is 18.7 Å². The first-order valence-electron chi connectivity index (χ1n) is 6.91. The summed E-state index contributed by atoms with van der Waals surface area (Å²) in [6.45, 7) is 1.84. The van der Waals surface area contributed by atoms with E-state index in [2.05, 4.69) is 15.4 Å². The van der Waals surface area contributed by atoms with E-state index in [9.17, 15) is 14.0 Å². The highest BCUT2D eigenvalue weighted by atomic mass is 19.1. The van der Waals surface area contributed by atoms with E-state index in [0.29, 0.717) is 5.69 Å². The molecule has 1 N–H and O–H groups in total. The summed E-state index contributed by atoms with van der Waals surface area (Å²) in [4.78, 5) is 27.9. The first-order chi connectivity index (χ1) is 11.0. The number of hydrogen-bond donors (Lipinski definition) is 1. The Bertz CT molecular complexity index is 734. The van der Waals surface area contributed by atoms with Crippen molar-refractivity contribution in [2.45, 2.75) is 13.0 Å². The lowest BCUT2D eigenvalue weighted by Gasteiger charge is -2.14. The highest BCUT2D eigenvalue weighted by Crippen LogP contribution is 2.25. The van der Waals surface area contributed by atoms with E-state index in [4.69, 9.17) is 4.74 Å². The second-order valence-corrected chi connectivity index (χ2v) is 5.03. The Hall–Kier alpha value is -2.97. The Labute approximate surface area is 130 Å². The van der Waals surface area contributed by atoms with Gasteiger partial charge in [-0.05, 0) is 18.2 Å². The molecule has 1 atom stereocenters. The van der Waals surface area contributed by atoms with Crippen molar-refractivity contribution >= 4 is 17.7 Å². The van der Waals surface area contributed by atoms with E-state index in [1.165, 1.54) is 41.3 Å². The average molecular weight is 319 g/mol. The van der Waals surface area contributed by atoms with Gasteiger partial charge in [-0.15, -0.1) is 0 Å². The molecule has 1 aliphatic rings. The van der Waals surface area contributed by atoms with Crippen LogP contribution in [0.5, 0.6) is 0 Å². The largest absolute Gasteiger partial charge is 0.442 e. The van der Waals surface area contributed by atoms with Gasteiger partial charge >= 0.3 is 6.09 Å². The molecule has 1 aromatic heterocycles. The molecule has 0 aliphatic carbocycles. The van der Waals surface area contributed by atoms with Crippen molar-refractivity contribution in [3.05, 3.63) is 36.7 Å². The quantitative estimate of drug-likeness (QED) is 0.903. The number of rotatable bonds is 4. The molecule has 2 amide bonds. The number of ether oxygens (including phenoxy) is 1. The van der Waals surface area contributed by atoms with Crippen molar-refractivity contribution in [1.29, 1.82) is 0 Å². The lowest BCUT2D eigenvalue weighted by Crippen LogP contribution is -2.33. The summed E-state index contributed by atoms with van der Waals surface area (Å²) >= 11 is 0. The number of benzene rings is 1. The fourth-order valence-electron chi connectivity index (χ4n) is 2.28. The zero-order chi connectivity index (χ0) is 16.4. The van der Waals surface area contributed by atoms with Crippen LogP contribution in [0.4, 0.5) is 14.9 Å². The Balaban J connectivity index is 1.76. The summed E-state index contributed by atoms with van der Waals surface area (Å²) in [6, 6.07) is 4.34. The Morgan fingerprint density at radius 3 is 3.00 bits per heavy atom. The highest BCUT2D eigenvalue weighted by Gasteiger charge is 2.32. The van der Waals surface area contributed by atoms with Gasteiger partial charge < -0.3 is 10.1 Å². The SMILES string of the molecule is CC(=O)NC[C@H]1CN(c2ccc(-n3cncn3)c(F)c2)C(=O)O1. The van der Waals surface area contributed by atoms with Gasteiger partial charge in [0.25, 0.3) is 0 Å². The summed E-state index contributed by atoms with van der Waals surface area (Å²) in [7, 11) is 0. The van der Waals surface area contributed by atoms with Gasteiger partial charge in [0, 0.05) is 6.92 Å². The molecule has 0 spiro atoms. The third kappa shape index (κ3) is 3.12. The standard InChI is InChI=1S/C14H14FN5O3/c1-9(21)17-5-11-6-19(14(22)23-11)10-2-3-13(12(15)4-10)20-8-16-7-18-20/h2-4,7-8,11H,5-6H2,1H3,(H,17,21)/t11-/m0/s1. The van der Waals surface area contributed by atoms with E-state index in [0.717, 1.165) is 0 Å². The predicted octanol–water partition coefficient (Wildman–Crippen LogP) is 0.868. The van der Waals surface area contributed by atoms with Crippen LogP contribution < -0.4 is 10.2 Å². The molecule has 0 radical (unpaired) electrons. The van der Waals surface area contributed by atoms with Crippen molar-refractivity contribution in [2.24, 2.45) is 0 Å². The maximum atomic E-state index is 14.2. The monoisotopic (exact) mass is 319 g/mol. The average Bonchev–Trinajstić information content (AvgIpc) is 3.14. The second kappa shape index (κ2) is 6.03. The summed E-state index contributed by atoms with van der Waals surface area (Å²) in [5, 5.41) is 6.45. The Kier molecular flexibility index (Phi) is 3.92. The van der Waals surface area contributed by atoms with Gasteiger partial charge in [-0.2, -0.15) is 5.10 Å². The molecule has 23 heavy (non-hydrogen) atoms. The third-order valence-electron chi connectivity index (χ3n) is 3.36. The number of carbonyl (C=O) groups is 2. The van der Waals surface area contributed by atoms with Crippen LogP contribution >= 0.6 is 0 Å². The summed E-state index contributed by atoms with van der Waals surface area (Å²) < 4.78 is 20.7. The predicted molar refractivity (Wildman–Crippen MR) is 77.6 cm³/mol. The molecule has 0 unspecified atom stereocenters. The molecule has 9 heteroatoms. The van der Waals surface area contributed by atoms with E-state index >= 15 is 0 Å². The summed E-state index contributed by atoms with van der Waals surface area (Å²) in [5.41, 5.74) is 0.607. The molecule has 8 nitrogen and oxygen atoms in total. The number of aromatic nitrogens is 3. The first-order valence-corrected chi connectivity index (χ1v) is 6.91. The van der Waals surface area contributed by atoms with Crippen molar-refractivity contribution in [3.63, 3.8) is 0 Å². The smallest absolute Gasteiger partial charge is 0.414 e. The fourth-order valence-corrected chi connectivity index (χ4v) is 2.28. The Morgan fingerprint density at radius 1 is 1.52 bits per heavy atom. The molecule has 2 heterocycles. The number of cyclic esters (lactones) is 1. The van der Waals surface area contributed by atoms with Gasteiger partial charge in [0.1, 0.15) is 24.4 Å². The van der Waals surface area contributed by atoms with Gasteiger partial charge in [0.15, 0.2) is 5.82 Å². The zero-order valence-corrected chi connectivity index (χ0v) is 12.3. The summed E-state index contributed by atoms with van der Waals surface area (Å²) in [6.07, 6.45) is 1.64.